The molecule has 1 aromatic heterocycles. The second kappa shape index (κ2) is 4.98. The molecule has 4 nitrogen and oxygen atoms in total. The summed E-state index contributed by atoms with van der Waals surface area (Å²) in [6.07, 6.45) is 0. The normalized spacial score (nSPS) is 12.0. The van der Waals surface area contributed by atoms with Crippen LogP contribution in [-0.2, 0) is 0 Å². The maximum Gasteiger partial charge on any atom is 0.324 e. The Bertz CT molecular complexity index is 790. The minimum absolute atomic E-state index is 0.248. The Morgan fingerprint density at radius 3 is 2.70 bits per heavy atom. The number of benzene rings is 2. The summed E-state index contributed by atoms with van der Waals surface area (Å²) in [6.45, 7) is 2.00. The first-order chi connectivity index (χ1) is 9.61. The van der Waals surface area contributed by atoms with Crippen molar-refractivity contribution in [2.45, 2.75) is 6.92 Å². The highest BCUT2D eigenvalue weighted by molar-refractivity contribution is 6.30. The van der Waals surface area contributed by atoms with Gasteiger partial charge < -0.3 is 10.2 Å². The third-order valence-corrected chi connectivity index (χ3v) is 3.14. The summed E-state index contributed by atoms with van der Waals surface area (Å²) < 4.78 is 5.53. The van der Waals surface area contributed by atoms with Gasteiger partial charge in [0.25, 0.3) is 0 Å². The van der Waals surface area contributed by atoms with E-state index in [0.29, 0.717) is 16.4 Å². The molecular formula is C15H12ClN3O. The monoisotopic (exact) mass is 285 g/mol. The first kappa shape index (κ1) is 12.7. The molecule has 2 N–H and O–H groups in total. The van der Waals surface area contributed by atoms with E-state index >= 15 is 0 Å². The van der Waals surface area contributed by atoms with Crippen LogP contribution in [0.1, 0.15) is 11.1 Å². The van der Waals surface area contributed by atoms with Gasteiger partial charge in [-0.1, -0.05) is 17.7 Å². The predicted molar refractivity (Wildman–Crippen MR) is 80.6 cm³/mol. The molecule has 0 radical (unpaired) electrons. The Balaban J connectivity index is 1.98. The molecule has 0 aliphatic carbocycles. The second-order valence-electron chi connectivity index (χ2n) is 4.47. The Morgan fingerprint density at radius 1 is 1.20 bits per heavy atom. The van der Waals surface area contributed by atoms with E-state index in [1.54, 1.807) is 24.3 Å². The minimum Gasteiger partial charge on any atom is -0.422 e. The van der Waals surface area contributed by atoms with Crippen LogP contribution in [0.3, 0.4) is 0 Å². The van der Waals surface area contributed by atoms with Crippen molar-refractivity contribution in [3.63, 3.8) is 0 Å². The van der Waals surface area contributed by atoms with Crippen LogP contribution in [0.2, 0.25) is 5.02 Å². The topological polar surface area (TPSA) is 64.4 Å². The maximum absolute atomic E-state index is 5.94. The average Bonchev–Trinajstić information content (AvgIpc) is 2.80. The van der Waals surface area contributed by atoms with Gasteiger partial charge in [-0.3, -0.25) is 0 Å². The van der Waals surface area contributed by atoms with Crippen LogP contribution in [0.4, 0.5) is 6.01 Å². The van der Waals surface area contributed by atoms with E-state index in [4.69, 9.17) is 21.8 Å². The molecule has 3 rings (SSSR count). The third-order valence-electron chi connectivity index (χ3n) is 2.89. The number of nitrogens with zero attached hydrogens (tertiary/aromatic N) is 2. The number of hydrogen-bond acceptors (Lipinski definition) is 3. The number of fused-ring (bicyclic) bond motifs is 1. The Morgan fingerprint density at radius 2 is 1.95 bits per heavy atom. The van der Waals surface area contributed by atoms with Gasteiger partial charge in [0.15, 0.2) is 5.58 Å². The number of amidine groups is 1. The largest absolute Gasteiger partial charge is 0.422 e. The summed E-state index contributed by atoms with van der Waals surface area (Å²) >= 11 is 5.83. The molecule has 0 atom stereocenters. The van der Waals surface area contributed by atoms with Crippen LogP contribution >= 0.6 is 11.6 Å². The number of aryl methyl sites for hydroxylation is 1. The summed E-state index contributed by atoms with van der Waals surface area (Å²) in [5, 5.41) is 0.652. The van der Waals surface area contributed by atoms with Crippen molar-refractivity contribution in [2.75, 3.05) is 0 Å². The van der Waals surface area contributed by atoms with Crippen molar-refractivity contribution in [3.8, 4) is 0 Å². The van der Waals surface area contributed by atoms with Gasteiger partial charge in [-0.15, -0.1) is 0 Å². The van der Waals surface area contributed by atoms with E-state index in [9.17, 15) is 0 Å². The lowest BCUT2D eigenvalue weighted by atomic mass is 10.2. The van der Waals surface area contributed by atoms with Crippen molar-refractivity contribution in [1.82, 2.24) is 4.98 Å². The van der Waals surface area contributed by atoms with Gasteiger partial charge in [-0.2, -0.15) is 9.98 Å². The van der Waals surface area contributed by atoms with E-state index in [-0.39, 0.29) is 6.01 Å². The molecule has 1 heterocycles. The second-order valence-corrected chi connectivity index (χ2v) is 4.91. The highest BCUT2D eigenvalue weighted by Gasteiger charge is 2.06. The predicted octanol–water partition coefficient (Wildman–Crippen LogP) is 3.83. The zero-order valence-electron chi connectivity index (χ0n) is 10.8. The highest BCUT2D eigenvalue weighted by atomic mass is 35.5. The fourth-order valence-corrected chi connectivity index (χ4v) is 1.99. The number of nitrogens with two attached hydrogens (primary N) is 1. The van der Waals surface area contributed by atoms with E-state index in [2.05, 4.69) is 9.98 Å². The highest BCUT2D eigenvalue weighted by Crippen LogP contribution is 2.22. The van der Waals surface area contributed by atoms with Crippen LogP contribution in [0.5, 0.6) is 0 Å². The third kappa shape index (κ3) is 2.51. The number of aromatic nitrogens is 1. The standard InChI is InChI=1S/C15H12ClN3O/c1-9-2-7-13-12(8-9)18-15(20-13)19-14(17)10-3-5-11(16)6-4-10/h2-8H,1H3,(H2,17,18,19). The lowest BCUT2D eigenvalue weighted by Crippen LogP contribution is -2.12. The van der Waals surface area contributed by atoms with Crippen molar-refractivity contribution in [2.24, 2.45) is 10.7 Å². The molecule has 100 valence electrons. The fourth-order valence-electron chi connectivity index (χ4n) is 1.86. The molecule has 0 saturated carbocycles. The summed E-state index contributed by atoms with van der Waals surface area (Å²) in [7, 11) is 0. The molecule has 0 unspecified atom stereocenters. The van der Waals surface area contributed by atoms with Gasteiger partial charge in [0.2, 0.25) is 0 Å². The van der Waals surface area contributed by atoms with E-state index in [1.165, 1.54) is 0 Å². The molecule has 0 amide bonds. The van der Waals surface area contributed by atoms with Gasteiger partial charge >= 0.3 is 6.01 Å². The first-order valence-corrected chi connectivity index (χ1v) is 6.47. The van der Waals surface area contributed by atoms with Crippen LogP contribution in [0.25, 0.3) is 11.1 Å². The number of aliphatic imine (C=N–C) groups is 1. The van der Waals surface area contributed by atoms with Gasteiger partial charge in [0.1, 0.15) is 11.4 Å². The summed E-state index contributed by atoms with van der Waals surface area (Å²) in [5.41, 5.74) is 9.29. The summed E-state index contributed by atoms with van der Waals surface area (Å²) in [5.74, 6) is 0.338. The molecule has 3 aromatic rings. The van der Waals surface area contributed by atoms with Crippen molar-refractivity contribution in [1.29, 1.82) is 0 Å². The molecule has 0 saturated heterocycles. The molecule has 0 fully saturated rings. The van der Waals surface area contributed by atoms with Crippen LogP contribution in [0.15, 0.2) is 51.9 Å². The van der Waals surface area contributed by atoms with Gasteiger partial charge in [0.05, 0.1) is 0 Å². The Kier molecular flexibility index (Phi) is 3.16. The van der Waals surface area contributed by atoms with Crippen molar-refractivity contribution in [3.05, 3.63) is 58.6 Å². The molecule has 20 heavy (non-hydrogen) atoms. The van der Waals surface area contributed by atoms with Gasteiger partial charge in [-0.05, 0) is 48.9 Å². The van der Waals surface area contributed by atoms with Crippen LogP contribution in [0, 0.1) is 6.92 Å². The molecular weight excluding hydrogens is 274 g/mol. The number of hydrogen-bond donors (Lipinski definition) is 1. The van der Waals surface area contributed by atoms with Crippen molar-refractivity contribution < 1.29 is 4.42 Å². The van der Waals surface area contributed by atoms with Crippen LogP contribution in [-0.4, -0.2) is 10.8 Å². The number of rotatable bonds is 2. The zero-order valence-corrected chi connectivity index (χ0v) is 11.6. The quantitative estimate of drug-likeness (QED) is 0.575. The molecule has 0 bridgehead atoms. The number of oxazole rings is 1. The molecule has 5 heteroatoms. The molecule has 2 aromatic carbocycles. The summed E-state index contributed by atoms with van der Waals surface area (Å²) in [4.78, 5) is 8.50. The Hall–Kier alpha value is -2.33. The van der Waals surface area contributed by atoms with E-state index in [0.717, 1.165) is 16.6 Å². The lowest BCUT2D eigenvalue weighted by Gasteiger charge is -1.98. The van der Waals surface area contributed by atoms with Gasteiger partial charge in [0, 0.05) is 10.6 Å². The van der Waals surface area contributed by atoms with E-state index < -0.39 is 0 Å². The summed E-state index contributed by atoms with van der Waals surface area (Å²) in [6, 6.07) is 13.1. The maximum atomic E-state index is 5.94. The molecule has 0 aliphatic heterocycles. The smallest absolute Gasteiger partial charge is 0.324 e. The SMILES string of the molecule is Cc1ccc2oc(/N=C(\N)c3ccc(Cl)cc3)nc2c1. The van der Waals surface area contributed by atoms with E-state index in [1.807, 2.05) is 25.1 Å². The Labute approximate surface area is 120 Å². The number of halogens is 1. The molecule has 0 spiro atoms. The fraction of sp³-hybridized carbons (Fsp3) is 0.0667. The van der Waals surface area contributed by atoms with Gasteiger partial charge in [-0.25, -0.2) is 0 Å². The van der Waals surface area contributed by atoms with Crippen LogP contribution < -0.4 is 5.73 Å². The first-order valence-electron chi connectivity index (χ1n) is 6.09. The van der Waals surface area contributed by atoms with Crippen molar-refractivity contribution >= 4 is 34.6 Å². The average molecular weight is 286 g/mol. The lowest BCUT2D eigenvalue weighted by molar-refractivity contribution is 0.613. The zero-order chi connectivity index (χ0) is 14.1. The molecule has 0 aliphatic rings. The minimum atomic E-state index is 0.248.